The van der Waals surface area contributed by atoms with E-state index in [1.807, 2.05) is 0 Å². The third kappa shape index (κ3) is 4.27. The number of nitrogens with zero attached hydrogens (tertiary/aromatic N) is 2. The van der Waals surface area contributed by atoms with Gasteiger partial charge in [0.1, 0.15) is 6.54 Å². The summed E-state index contributed by atoms with van der Waals surface area (Å²) in [5.74, 6) is 0. The lowest BCUT2D eigenvalue weighted by molar-refractivity contribution is -0.697. The number of hydrogen-bond acceptors (Lipinski definition) is 1. The van der Waals surface area contributed by atoms with Crippen LogP contribution >= 0.6 is 0 Å². The van der Waals surface area contributed by atoms with E-state index in [9.17, 15) is 0 Å². The van der Waals surface area contributed by atoms with E-state index in [0.717, 1.165) is 13.0 Å². The van der Waals surface area contributed by atoms with Gasteiger partial charge in [-0.25, -0.2) is 4.57 Å². The second-order valence-electron chi connectivity index (χ2n) is 2.80. The molecule has 1 aromatic rings. The molecule has 0 aliphatic heterocycles. The molecule has 0 aliphatic rings. The van der Waals surface area contributed by atoms with Gasteiger partial charge in [0, 0.05) is 18.1 Å². The Hall–Kier alpha value is -1.36. The van der Waals surface area contributed by atoms with E-state index in [2.05, 4.69) is 42.9 Å². The van der Waals surface area contributed by atoms with Crippen molar-refractivity contribution in [1.82, 2.24) is 0 Å². The van der Waals surface area contributed by atoms with Crippen LogP contribution in [0.15, 0.2) is 24.5 Å². The van der Waals surface area contributed by atoms with Gasteiger partial charge in [-0.2, -0.15) is 0 Å². The monoisotopic (exact) mass is 176 g/mol. The molecule has 0 radical (unpaired) electrons. The lowest BCUT2D eigenvalue weighted by Gasteiger charge is -1.95. The molecule has 0 saturated heterocycles. The van der Waals surface area contributed by atoms with Crippen LogP contribution in [0.4, 0.5) is 0 Å². The topological polar surface area (TPSA) is 27.7 Å². The van der Waals surface area contributed by atoms with Crippen molar-refractivity contribution in [2.24, 2.45) is 0 Å². The Balaban J connectivity index is 0.000000671. The minimum atomic E-state index is 1.13. The summed E-state index contributed by atoms with van der Waals surface area (Å²) in [4.78, 5) is 0. The lowest BCUT2D eigenvalue weighted by Crippen LogP contribution is -2.32. The van der Waals surface area contributed by atoms with Crippen LogP contribution in [0.1, 0.15) is 25.8 Å². The fourth-order valence-electron chi connectivity index (χ4n) is 1.18. The molecule has 0 N–H and O–H groups in total. The van der Waals surface area contributed by atoms with Gasteiger partial charge < -0.3 is 11.8 Å². The second kappa shape index (κ2) is 7.30. The van der Waals surface area contributed by atoms with E-state index in [-0.39, 0.29) is 0 Å². The number of hydrogen-bond donors (Lipinski definition) is 0. The summed E-state index contributed by atoms with van der Waals surface area (Å²) in [5.41, 5.74) is 1.42. The number of pyridine rings is 1. The average Bonchev–Trinajstić information content (AvgIpc) is 2.22. The van der Waals surface area contributed by atoms with Crippen LogP contribution in [0.5, 0.6) is 0 Å². The zero-order valence-electron chi connectivity index (χ0n) is 8.33. The molecule has 0 amide bonds. The smallest absolute Gasteiger partial charge is 0.171 e. The zero-order chi connectivity index (χ0) is 10.1. The second-order valence-corrected chi connectivity index (χ2v) is 2.80. The molecule has 0 fully saturated rings. The van der Waals surface area contributed by atoms with Crippen molar-refractivity contribution in [3.8, 4) is 0 Å². The molecule has 0 aromatic carbocycles. The standard InChI is InChI=1S/C10H16N.CN/c1-3-7-11-8-5-6-10(4-2)9-11;1-2/h5-6,8-9H,3-4,7H2,1-2H3;/q+1;-1. The van der Waals surface area contributed by atoms with E-state index >= 15 is 0 Å². The summed E-state index contributed by atoms with van der Waals surface area (Å²) in [7, 11) is 0. The lowest BCUT2D eigenvalue weighted by atomic mass is 10.2. The Labute approximate surface area is 80.4 Å². The van der Waals surface area contributed by atoms with Crippen LogP contribution in [-0.4, -0.2) is 0 Å². The molecule has 0 saturated carbocycles. The highest BCUT2D eigenvalue weighted by Crippen LogP contribution is 1.94. The molecule has 0 spiro atoms. The molecule has 2 heteroatoms. The minimum Gasteiger partial charge on any atom is -0.512 e. The molecule has 0 bridgehead atoms. The molecular weight excluding hydrogens is 160 g/mol. The van der Waals surface area contributed by atoms with Crippen molar-refractivity contribution in [3.05, 3.63) is 36.7 Å². The minimum absolute atomic E-state index is 1.13. The maximum Gasteiger partial charge on any atom is 0.171 e. The van der Waals surface area contributed by atoms with Gasteiger partial charge in [-0.15, -0.1) is 0 Å². The zero-order valence-corrected chi connectivity index (χ0v) is 8.33. The first-order chi connectivity index (χ1) is 6.36. The summed E-state index contributed by atoms with van der Waals surface area (Å²) < 4.78 is 2.25. The van der Waals surface area contributed by atoms with Gasteiger partial charge in [0.05, 0.1) is 0 Å². The Morgan fingerprint density at radius 2 is 2.08 bits per heavy atom. The van der Waals surface area contributed by atoms with Crippen LogP contribution in [0, 0.1) is 11.8 Å². The molecule has 1 aromatic heterocycles. The van der Waals surface area contributed by atoms with Crippen LogP contribution in [-0.2, 0) is 13.0 Å². The van der Waals surface area contributed by atoms with Crippen LogP contribution < -0.4 is 4.57 Å². The Morgan fingerprint density at radius 3 is 2.62 bits per heavy atom. The molecule has 13 heavy (non-hydrogen) atoms. The maximum absolute atomic E-state index is 6.25. The van der Waals surface area contributed by atoms with Crippen LogP contribution in [0.3, 0.4) is 0 Å². The number of aromatic nitrogens is 1. The first-order valence-corrected chi connectivity index (χ1v) is 4.57. The fraction of sp³-hybridized carbons (Fsp3) is 0.455. The van der Waals surface area contributed by atoms with Crippen molar-refractivity contribution >= 4 is 0 Å². The summed E-state index contributed by atoms with van der Waals surface area (Å²) in [6.45, 7) is 10.3. The molecule has 2 nitrogen and oxygen atoms in total. The van der Waals surface area contributed by atoms with E-state index in [0.29, 0.717) is 0 Å². The molecule has 0 unspecified atom stereocenters. The van der Waals surface area contributed by atoms with E-state index in [1.54, 1.807) is 0 Å². The SMILES string of the molecule is CCC[n+]1cccc(CC)c1.[C-]#N. The largest absolute Gasteiger partial charge is 0.512 e. The van der Waals surface area contributed by atoms with E-state index in [1.165, 1.54) is 12.0 Å². The highest BCUT2D eigenvalue weighted by molar-refractivity contribution is 5.04. The quantitative estimate of drug-likeness (QED) is 0.511. The summed E-state index contributed by atoms with van der Waals surface area (Å²) in [6, 6.07) is 4.29. The van der Waals surface area contributed by atoms with Crippen molar-refractivity contribution in [2.75, 3.05) is 0 Å². The van der Waals surface area contributed by atoms with Gasteiger partial charge in [0.15, 0.2) is 12.4 Å². The highest BCUT2D eigenvalue weighted by Gasteiger charge is 1.97. The van der Waals surface area contributed by atoms with Crippen LogP contribution in [0.25, 0.3) is 0 Å². The molecular formula is C11H16N2. The van der Waals surface area contributed by atoms with E-state index in [4.69, 9.17) is 11.8 Å². The summed E-state index contributed by atoms with van der Waals surface area (Å²) in [6.07, 6.45) is 6.69. The molecule has 0 atom stereocenters. The predicted octanol–water partition coefficient (Wildman–Crippen LogP) is 2.04. The molecule has 1 heterocycles. The van der Waals surface area contributed by atoms with Gasteiger partial charge in [0.25, 0.3) is 0 Å². The van der Waals surface area contributed by atoms with Gasteiger partial charge in [-0.3, -0.25) is 0 Å². The van der Waals surface area contributed by atoms with Gasteiger partial charge in [0.2, 0.25) is 0 Å². The highest BCUT2D eigenvalue weighted by atomic mass is 14.9. The third-order valence-corrected chi connectivity index (χ3v) is 1.81. The van der Waals surface area contributed by atoms with E-state index < -0.39 is 0 Å². The summed E-state index contributed by atoms with van der Waals surface area (Å²) >= 11 is 0. The Kier molecular flexibility index (Phi) is 6.53. The van der Waals surface area contributed by atoms with Gasteiger partial charge in [-0.05, 0) is 12.5 Å². The normalized spacial score (nSPS) is 8.62. The Morgan fingerprint density at radius 1 is 1.38 bits per heavy atom. The van der Waals surface area contributed by atoms with Crippen molar-refractivity contribution in [1.29, 1.82) is 5.26 Å². The number of rotatable bonds is 3. The first-order valence-electron chi connectivity index (χ1n) is 4.57. The summed E-state index contributed by atoms with van der Waals surface area (Å²) in [5, 5.41) is 6.25. The third-order valence-electron chi connectivity index (χ3n) is 1.81. The predicted molar refractivity (Wildman–Crippen MR) is 51.3 cm³/mol. The number of aryl methyl sites for hydroxylation is 2. The van der Waals surface area contributed by atoms with Crippen molar-refractivity contribution in [3.63, 3.8) is 0 Å². The Bertz CT molecular complexity index is 253. The first kappa shape index (κ1) is 11.6. The maximum atomic E-state index is 6.25. The van der Waals surface area contributed by atoms with Gasteiger partial charge >= 0.3 is 0 Å². The van der Waals surface area contributed by atoms with Gasteiger partial charge in [-0.1, -0.05) is 13.8 Å². The molecule has 70 valence electrons. The van der Waals surface area contributed by atoms with Crippen molar-refractivity contribution < 1.29 is 4.57 Å². The molecule has 1 rings (SSSR count). The molecule has 0 aliphatic carbocycles. The average molecular weight is 176 g/mol. The fourth-order valence-corrected chi connectivity index (χ4v) is 1.18. The van der Waals surface area contributed by atoms with Crippen molar-refractivity contribution in [2.45, 2.75) is 33.2 Å². The van der Waals surface area contributed by atoms with Crippen LogP contribution in [0.2, 0.25) is 0 Å².